The van der Waals surface area contributed by atoms with E-state index in [1.54, 1.807) is 11.8 Å². The molecule has 0 radical (unpaired) electrons. The molecule has 2 aliphatic heterocycles. The first-order chi connectivity index (χ1) is 29.0. The predicted molar refractivity (Wildman–Crippen MR) is 227 cm³/mol. The van der Waals surface area contributed by atoms with Crippen molar-refractivity contribution in [1.82, 2.24) is 40.4 Å². The Morgan fingerprint density at radius 2 is 1.27 bits per heavy atom. The Kier molecular flexibility index (Phi) is 13.3. The van der Waals surface area contributed by atoms with Gasteiger partial charge in [0.05, 0.1) is 49.1 Å². The van der Waals surface area contributed by atoms with Gasteiger partial charge in [-0.15, -0.1) is 0 Å². The smallest absolute Gasteiger partial charge is 0.407 e. The predicted octanol–water partition coefficient (Wildman–Crippen LogP) is 6.30. The SMILES string of the molecule is CC[C@H](C)[C@H](NC(=O)OC)C(=O)N1CCC[C@H]1c1ncc(-c2ccc(-c3ccc4cc(-c5cnc([C@@H]6CCCN6C(=O)[C@@H](NC(O)OC)[C@@H](C)OC)[nH]5)ccc4c3)cc2)[nH]1. The number of carbonyl (C=O) groups excluding carboxylic acids is 3. The first-order valence-electron chi connectivity index (χ1n) is 20.7. The van der Waals surface area contributed by atoms with E-state index in [1.165, 1.54) is 21.3 Å². The van der Waals surface area contributed by atoms with Crippen LogP contribution in [0.25, 0.3) is 44.4 Å². The van der Waals surface area contributed by atoms with Gasteiger partial charge in [0.15, 0.2) is 0 Å². The van der Waals surface area contributed by atoms with Crippen molar-refractivity contribution in [3.63, 3.8) is 0 Å². The minimum absolute atomic E-state index is 0.0543. The molecule has 7 rings (SSSR count). The van der Waals surface area contributed by atoms with E-state index in [1.807, 2.05) is 31.1 Å². The molecular formula is C45H56N8O7. The molecule has 7 atom stereocenters. The number of fused-ring (bicyclic) bond motifs is 1. The zero-order valence-electron chi connectivity index (χ0n) is 35.1. The second kappa shape index (κ2) is 18.8. The monoisotopic (exact) mass is 820 g/mol. The van der Waals surface area contributed by atoms with E-state index in [9.17, 15) is 19.5 Å². The second-order valence-electron chi connectivity index (χ2n) is 15.8. The highest BCUT2D eigenvalue weighted by molar-refractivity contribution is 5.91. The topological polar surface area (TPSA) is 187 Å². The summed E-state index contributed by atoms with van der Waals surface area (Å²) in [6.07, 6.45) is 5.19. The van der Waals surface area contributed by atoms with E-state index in [-0.39, 0.29) is 29.8 Å². The molecule has 2 fully saturated rings. The van der Waals surface area contributed by atoms with E-state index < -0.39 is 30.7 Å². The molecule has 0 saturated carbocycles. The van der Waals surface area contributed by atoms with Crippen LogP contribution in [0.3, 0.4) is 0 Å². The van der Waals surface area contributed by atoms with Crippen molar-refractivity contribution in [2.45, 2.75) is 89.6 Å². The van der Waals surface area contributed by atoms with Crippen LogP contribution in [0, 0.1) is 5.92 Å². The number of nitrogens with zero attached hydrogens (tertiary/aromatic N) is 4. The van der Waals surface area contributed by atoms with E-state index >= 15 is 0 Å². The third-order valence-electron chi connectivity index (χ3n) is 12.2. The lowest BCUT2D eigenvalue weighted by atomic mass is 9.97. The van der Waals surface area contributed by atoms with Crippen molar-refractivity contribution in [3.05, 3.63) is 84.7 Å². The number of aliphatic hydroxyl groups is 1. The summed E-state index contributed by atoms with van der Waals surface area (Å²) < 4.78 is 15.2. The number of carbonyl (C=O) groups is 3. The van der Waals surface area contributed by atoms with Crippen molar-refractivity contribution >= 4 is 28.7 Å². The molecule has 60 heavy (non-hydrogen) atoms. The minimum Gasteiger partial charge on any atom is -0.453 e. The van der Waals surface area contributed by atoms with Crippen molar-refractivity contribution in [1.29, 1.82) is 0 Å². The van der Waals surface area contributed by atoms with Gasteiger partial charge >= 0.3 is 6.09 Å². The van der Waals surface area contributed by atoms with Crippen molar-refractivity contribution < 1.29 is 33.7 Å². The molecule has 3 aromatic carbocycles. The maximum absolute atomic E-state index is 13.7. The molecule has 2 aliphatic rings. The molecule has 2 aromatic heterocycles. The van der Waals surface area contributed by atoms with Crippen molar-refractivity contribution in [3.8, 4) is 33.6 Å². The molecule has 3 amide bonds. The molecule has 0 bridgehead atoms. The number of nitrogens with one attached hydrogen (secondary N) is 4. The molecular weight excluding hydrogens is 765 g/mol. The zero-order chi connectivity index (χ0) is 42.5. The highest BCUT2D eigenvalue weighted by atomic mass is 16.6. The number of hydrogen-bond donors (Lipinski definition) is 5. The number of imidazole rings is 2. The Balaban J connectivity index is 1.02. The molecule has 15 heteroatoms. The molecule has 5 aromatic rings. The fraction of sp³-hybridized carbons (Fsp3) is 0.444. The van der Waals surface area contributed by atoms with E-state index in [4.69, 9.17) is 24.2 Å². The Morgan fingerprint density at radius 3 is 1.82 bits per heavy atom. The Morgan fingerprint density at radius 1 is 0.750 bits per heavy atom. The van der Waals surface area contributed by atoms with Gasteiger partial charge in [0.1, 0.15) is 23.7 Å². The van der Waals surface area contributed by atoms with Crippen molar-refractivity contribution in [2.24, 2.45) is 5.92 Å². The third-order valence-corrected chi connectivity index (χ3v) is 12.2. The molecule has 1 unspecified atom stereocenters. The summed E-state index contributed by atoms with van der Waals surface area (Å²) in [6, 6.07) is 19.2. The molecule has 0 aliphatic carbocycles. The number of aromatic amines is 2. The first-order valence-corrected chi connectivity index (χ1v) is 20.7. The van der Waals surface area contributed by atoms with Gasteiger partial charge in [-0.1, -0.05) is 68.8 Å². The van der Waals surface area contributed by atoms with Crippen molar-refractivity contribution in [2.75, 3.05) is 34.4 Å². The van der Waals surface area contributed by atoms with Crippen LogP contribution >= 0.6 is 0 Å². The Bertz CT molecular complexity index is 2270. The minimum atomic E-state index is -1.30. The number of alkyl carbamates (subject to hydrolysis) is 1. The maximum atomic E-state index is 13.7. The number of H-pyrrole nitrogens is 2. The molecule has 318 valence electrons. The fourth-order valence-electron chi connectivity index (χ4n) is 8.36. The van der Waals surface area contributed by atoms with E-state index in [2.05, 4.69) is 81.3 Å². The number of aromatic nitrogens is 4. The van der Waals surface area contributed by atoms with Crippen LogP contribution in [0.5, 0.6) is 0 Å². The molecule has 4 heterocycles. The zero-order valence-corrected chi connectivity index (χ0v) is 35.1. The highest BCUT2D eigenvalue weighted by Crippen LogP contribution is 2.36. The summed E-state index contributed by atoms with van der Waals surface area (Å²) in [5.41, 5.74) is 5.87. The van der Waals surface area contributed by atoms with Gasteiger partial charge in [-0.2, -0.15) is 0 Å². The number of rotatable bonds is 15. The lowest BCUT2D eigenvalue weighted by molar-refractivity contribution is -0.148. The van der Waals surface area contributed by atoms with Crippen LogP contribution in [0.15, 0.2) is 73.1 Å². The number of hydrogen-bond acceptors (Lipinski definition) is 10. The molecule has 5 N–H and O–H groups in total. The lowest BCUT2D eigenvalue weighted by Gasteiger charge is -2.31. The van der Waals surface area contributed by atoms with Gasteiger partial charge in [-0.05, 0) is 78.1 Å². The van der Waals surface area contributed by atoms with Crippen LogP contribution in [0.1, 0.15) is 76.6 Å². The quantitative estimate of drug-likeness (QED) is 0.0751. The van der Waals surface area contributed by atoms with Gasteiger partial charge in [0, 0.05) is 32.9 Å². The summed E-state index contributed by atoms with van der Waals surface area (Å²) in [6.45, 7) is 6.91. The van der Waals surface area contributed by atoms with Gasteiger partial charge in [0.2, 0.25) is 18.2 Å². The standard InChI is InChI=1S/C45H56N8O7/c1-7-26(2)38(50-44(56)59-5)42(54)52-20-8-10-36(52)40-46-24-34(48-40)29-14-12-28(13-15-29)30-16-17-32-23-33(19-18-31(32)22-30)35-25-47-41(49-35)37-11-9-21-53(37)43(55)39(27(3)58-4)51-45(57)60-6/h12-19,22-27,36-39,45,51,57H,7-11,20-21H2,1-6H3,(H,46,48)(H,47,49)(H,50,56)/t26-,27+,36-,37-,38-,39-,45?/m0/s1. The fourth-order valence-corrected chi connectivity index (χ4v) is 8.36. The number of ether oxygens (including phenoxy) is 3. The van der Waals surface area contributed by atoms with Gasteiger partial charge in [0.25, 0.3) is 0 Å². The summed E-state index contributed by atoms with van der Waals surface area (Å²) in [5.74, 6) is 1.09. The van der Waals surface area contributed by atoms with E-state index in [0.29, 0.717) is 18.9 Å². The van der Waals surface area contributed by atoms with Crippen LogP contribution in [-0.2, 0) is 23.8 Å². The van der Waals surface area contributed by atoms with E-state index in [0.717, 1.165) is 82.3 Å². The number of benzene rings is 3. The average Bonchev–Trinajstić information content (AvgIpc) is 4.13. The lowest BCUT2D eigenvalue weighted by Crippen LogP contribution is -2.55. The van der Waals surface area contributed by atoms with Crippen LogP contribution < -0.4 is 10.6 Å². The Labute approximate surface area is 350 Å². The summed E-state index contributed by atoms with van der Waals surface area (Å²) in [5, 5.41) is 17.8. The largest absolute Gasteiger partial charge is 0.453 e. The molecule has 0 spiro atoms. The average molecular weight is 821 g/mol. The van der Waals surface area contributed by atoms with Gasteiger partial charge in [-0.3, -0.25) is 14.9 Å². The number of likely N-dealkylation sites (tertiary alicyclic amines) is 2. The Hall–Kier alpha value is -5.61. The highest BCUT2D eigenvalue weighted by Gasteiger charge is 2.40. The second-order valence-corrected chi connectivity index (χ2v) is 15.8. The summed E-state index contributed by atoms with van der Waals surface area (Å²) in [7, 11) is 4.19. The number of methoxy groups -OCH3 is 3. The number of aliphatic hydroxyl groups excluding tert-OH is 1. The maximum Gasteiger partial charge on any atom is 0.407 e. The summed E-state index contributed by atoms with van der Waals surface area (Å²) in [4.78, 5) is 59.5. The van der Waals surface area contributed by atoms with Crippen LogP contribution in [-0.4, -0.2) is 112 Å². The normalized spacial score (nSPS) is 19.2. The van der Waals surface area contributed by atoms with Crippen LogP contribution in [0.4, 0.5) is 4.79 Å². The summed E-state index contributed by atoms with van der Waals surface area (Å²) >= 11 is 0. The third kappa shape index (κ3) is 8.94. The number of amides is 3. The molecule has 2 saturated heterocycles. The van der Waals surface area contributed by atoms with Crippen LogP contribution in [0.2, 0.25) is 0 Å². The van der Waals surface area contributed by atoms with Gasteiger partial charge < -0.3 is 44.4 Å². The first kappa shape index (κ1) is 42.5. The van der Waals surface area contributed by atoms with Gasteiger partial charge in [-0.25, -0.2) is 14.8 Å². The molecule has 15 nitrogen and oxygen atoms in total.